The SMILES string of the molecule is O=[N+]([O-])c1ccc(SCCS(=O)(=O)Cl)cc1C(F)(F)F. The topological polar surface area (TPSA) is 77.3 Å². The minimum absolute atomic E-state index is 0.0546. The van der Waals surface area contributed by atoms with Gasteiger partial charge in [0.2, 0.25) is 9.05 Å². The second kappa shape index (κ2) is 6.19. The van der Waals surface area contributed by atoms with Crippen LogP contribution in [0.25, 0.3) is 0 Å². The number of thioether (sulfide) groups is 1. The van der Waals surface area contributed by atoms with Gasteiger partial charge in [-0.2, -0.15) is 13.2 Å². The predicted octanol–water partition coefficient (Wildman–Crippen LogP) is 3.27. The van der Waals surface area contributed by atoms with Gasteiger partial charge >= 0.3 is 6.18 Å². The Balaban J connectivity index is 2.99. The third-order valence-corrected chi connectivity index (χ3v) is 4.47. The summed E-state index contributed by atoms with van der Waals surface area (Å²) in [4.78, 5) is 9.48. The molecule has 0 spiro atoms. The molecule has 0 saturated carbocycles. The fraction of sp³-hybridized carbons (Fsp3) is 0.333. The largest absolute Gasteiger partial charge is 0.423 e. The van der Waals surface area contributed by atoms with Crippen molar-refractivity contribution in [1.29, 1.82) is 0 Å². The van der Waals surface area contributed by atoms with Crippen molar-refractivity contribution in [2.24, 2.45) is 0 Å². The number of benzene rings is 1. The van der Waals surface area contributed by atoms with Crippen LogP contribution < -0.4 is 0 Å². The fourth-order valence-corrected chi connectivity index (χ4v) is 3.55. The lowest BCUT2D eigenvalue weighted by molar-refractivity contribution is -0.388. The highest BCUT2D eigenvalue weighted by Gasteiger charge is 2.38. The molecule has 0 aromatic heterocycles. The Hall–Kier alpha value is -1.00. The maximum Gasteiger partial charge on any atom is 0.423 e. The van der Waals surface area contributed by atoms with Gasteiger partial charge in [0, 0.05) is 27.4 Å². The lowest BCUT2D eigenvalue weighted by Gasteiger charge is -2.09. The fourth-order valence-electron chi connectivity index (χ4n) is 1.25. The van der Waals surface area contributed by atoms with Crippen molar-refractivity contribution in [3.05, 3.63) is 33.9 Å². The minimum atomic E-state index is -4.86. The van der Waals surface area contributed by atoms with E-state index in [1.54, 1.807) is 0 Å². The Bertz CT molecular complexity index is 618. The summed E-state index contributed by atoms with van der Waals surface area (Å²) in [5.41, 5.74) is -2.42. The first kappa shape index (κ1) is 17.1. The number of nitrogens with zero attached hydrogens (tertiary/aromatic N) is 1. The van der Waals surface area contributed by atoms with Crippen molar-refractivity contribution in [2.75, 3.05) is 11.5 Å². The van der Waals surface area contributed by atoms with Gasteiger partial charge in [-0.05, 0) is 12.1 Å². The van der Waals surface area contributed by atoms with Crippen LogP contribution in [0.4, 0.5) is 18.9 Å². The minimum Gasteiger partial charge on any atom is -0.258 e. The normalized spacial score (nSPS) is 12.4. The van der Waals surface area contributed by atoms with Crippen LogP contribution in [-0.2, 0) is 15.2 Å². The van der Waals surface area contributed by atoms with E-state index in [-0.39, 0.29) is 10.6 Å². The maximum absolute atomic E-state index is 12.7. The molecule has 0 saturated heterocycles. The number of nitro benzene ring substituents is 1. The first-order valence-corrected chi connectivity index (χ1v) is 8.38. The summed E-state index contributed by atoms with van der Waals surface area (Å²) in [6.45, 7) is 0. The number of hydrogen-bond donors (Lipinski definition) is 0. The lowest BCUT2D eigenvalue weighted by Crippen LogP contribution is -2.09. The number of nitro groups is 1. The van der Waals surface area contributed by atoms with E-state index in [1.807, 2.05) is 0 Å². The Morgan fingerprint density at radius 3 is 2.40 bits per heavy atom. The molecule has 112 valence electrons. The predicted molar refractivity (Wildman–Crippen MR) is 68.5 cm³/mol. The van der Waals surface area contributed by atoms with E-state index in [1.165, 1.54) is 0 Å². The van der Waals surface area contributed by atoms with Gasteiger partial charge in [-0.3, -0.25) is 10.1 Å². The second-order valence-electron chi connectivity index (χ2n) is 3.53. The molecule has 0 bridgehead atoms. The van der Waals surface area contributed by atoms with Crippen molar-refractivity contribution in [2.45, 2.75) is 11.1 Å². The van der Waals surface area contributed by atoms with Gasteiger partial charge in [0.05, 0.1) is 10.7 Å². The Morgan fingerprint density at radius 1 is 1.35 bits per heavy atom. The van der Waals surface area contributed by atoms with Gasteiger partial charge in [-0.1, -0.05) is 0 Å². The van der Waals surface area contributed by atoms with Crippen LogP contribution >= 0.6 is 22.4 Å². The van der Waals surface area contributed by atoms with Crippen LogP contribution in [-0.4, -0.2) is 24.8 Å². The Morgan fingerprint density at radius 2 is 1.95 bits per heavy atom. The molecule has 0 N–H and O–H groups in total. The van der Waals surface area contributed by atoms with Gasteiger partial charge in [-0.25, -0.2) is 8.42 Å². The van der Waals surface area contributed by atoms with Crippen LogP contribution in [0.2, 0.25) is 0 Å². The van der Waals surface area contributed by atoms with Crippen LogP contribution in [0.5, 0.6) is 0 Å². The molecule has 0 heterocycles. The molecular formula is C9H7ClF3NO4S2. The molecule has 5 nitrogen and oxygen atoms in total. The molecule has 0 radical (unpaired) electrons. The highest BCUT2D eigenvalue weighted by atomic mass is 35.7. The average Bonchev–Trinajstić information content (AvgIpc) is 2.25. The summed E-state index contributed by atoms with van der Waals surface area (Å²) in [6.07, 6.45) is -4.86. The number of rotatable bonds is 5. The van der Waals surface area contributed by atoms with E-state index < -0.39 is 37.2 Å². The number of hydrogen-bond acceptors (Lipinski definition) is 5. The smallest absolute Gasteiger partial charge is 0.258 e. The molecular weight excluding hydrogens is 343 g/mol. The highest BCUT2D eigenvalue weighted by Crippen LogP contribution is 2.38. The summed E-state index contributed by atoms with van der Waals surface area (Å²) in [5, 5.41) is 10.5. The zero-order chi connectivity index (χ0) is 15.6. The molecule has 0 fully saturated rings. The van der Waals surface area contributed by atoms with Gasteiger partial charge < -0.3 is 0 Å². The standard InChI is InChI=1S/C9H7ClF3NO4S2/c10-20(17,18)4-3-19-6-1-2-8(14(15)16)7(5-6)9(11,12)13/h1-2,5H,3-4H2. The first-order chi connectivity index (χ1) is 9.00. The summed E-state index contributed by atoms with van der Waals surface area (Å²) in [7, 11) is 1.23. The van der Waals surface area contributed by atoms with E-state index in [9.17, 15) is 31.7 Å². The van der Waals surface area contributed by atoms with E-state index in [4.69, 9.17) is 10.7 Å². The zero-order valence-electron chi connectivity index (χ0n) is 9.55. The quantitative estimate of drug-likeness (QED) is 0.353. The highest BCUT2D eigenvalue weighted by molar-refractivity contribution is 8.14. The van der Waals surface area contributed by atoms with Gasteiger partial charge in [0.15, 0.2) is 0 Å². The third kappa shape index (κ3) is 5.17. The molecule has 0 amide bonds. The Kier molecular flexibility index (Phi) is 5.27. The van der Waals surface area contributed by atoms with Crippen molar-refractivity contribution >= 4 is 37.2 Å². The maximum atomic E-state index is 12.7. The molecule has 0 aliphatic carbocycles. The Labute approximate surface area is 120 Å². The van der Waals surface area contributed by atoms with E-state index in [0.29, 0.717) is 6.07 Å². The van der Waals surface area contributed by atoms with Crippen molar-refractivity contribution < 1.29 is 26.5 Å². The summed E-state index contributed by atoms with van der Waals surface area (Å²) in [6, 6.07) is 2.48. The number of alkyl halides is 3. The molecule has 0 atom stereocenters. The molecule has 1 rings (SSSR count). The number of halogens is 4. The van der Waals surface area contributed by atoms with Gasteiger partial charge in [0.25, 0.3) is 5.69 Å². The van der Waals surface area contributed by atoms with E-state index in [0.717, 1.165) is 23.9 Å². The third-order valence-electron chi connectivity index (χ3n) is 2.07. The van der Waals surface area contributed by atoms with Gasteiger partial charge in [0.1, 0.15) is 5.56 Å². The monoisotopic (exact) mass is 349 g/mol. The molecule has 1 aromatic carbocycles. The van der Waals surface area contributed by atoms with Crippen molar-refractivity contribution in [3.8, 4) is 0 Å². The van der Waals surface area contributed by atoms with Gasteiger partial charge in [-0.15, -0.1) is 11.8 Å². The molecule has 11 heteroatoms. The average molecular weight is 350 g/mol. The van der Waals surface area contributed by atoms with Crippen LogP contribution in [0.1, 0.15) is 5.56 Å². The summed E-state index contributed by atoms with van der Waals surface area (Å²) >= 11 is 0.812. The van der Waals surface area contributed by atoms with Crippen LogP contribution in [0, 0.1) is 10.1 Å². The van der Waals surface area contributed by atoms with Crippen LogP contribution in [0.15, 0.2) is 23.1 Å². The van der Waals surface area contributed by atoms with Crippen molar-refractivity contribution in [3.63, 3.8) is 0 Å². The van der Waals surface area contributed by atoms with E-state index >= 15 is 0 Å². The zero-order valence-corrected chi connectivity index (χ0v) is 11.9. The first-order valence-electron chi connectivity index (χ1n) is 4.91. The second-order valence-corrected chi connectivity index (χ2v) is 7.59. The summed E-state index contributed by atoms with van der Waals surface area (Å²) < 4.78 is 59.4. The van der Waals surface area contributed by atoms with Crippen molar-refractivity contribution in [1.82, 2.24) is 0 Å². The lowest BCUT2D eigenvalue weighted by atomic mass is 10.2. The summed E-state index contributed by atoms with van der Waals surface area (Å²) in [5.74, 6) is -0.474. The van der Waals surface area contributed by atoms with E-state index in [2.05, 4.69) is 0 Å². The molecule has 20 heavy (non-hydrogen) atoms. The molecule has 0 aliphatic heterocycles. The molecule has 0 unspecified atom stereocenters. The molecule has 1 aromatic rings. The van der Waals surface area contributed by atoms with Crippen LogP contribution in [0.3, 0.4) is 0 Å². The molecule has 0 aliphatic rings.